The summed E-state index contributed by atoms with van der Waals surface area (Å²) in [5, 5.41) is 20.3. The van der Waals surface area contributed by atoms with Crippen molar-refractivity contribution in [2.75, 3.05) is 12.5 Å². The maximum absolute atomic E-state index is 11.6. The van der Waals surface area contributed by atoms with Gasteiger partial charge in [-0.2, -0.15) is 0 Å². The summed E-state index contributed by atoms with van der Waals surface area (Å²) in [6.45, 7) is 2.04. The lowest BCUT2D eigenvalue weighted by atomic mass is 10.0. The van der Waals surface area contributed by atoms with Crippen LogP contribution in [0.1, 0.15) is 29.1 Å². The number of carbonyl (C=O) groups is 1. The molecule has 2 rings (SSSR count). The zero-order chi connectivity index (χ0) is 14.7. The number of aromatic amines is 1. The molecule has 6 heteroatoms. The van der Waals surface area contributed by atoms with E-state index >= 15 is 0 Å². The maximum Gasteiger partial charge on any atom is 0.354 e. The molecule has 2 atom stereocenters. The van der Waals surface area contributed by atoms with Gasteiger partial charge in [0.05, 0.1) is 18.6 Å². The molecule has 0 aliphatic rings. The smallest absolute Gasteiger partial charge is 0.354 e. The number of nitrogens with one attached hydrogen (secondary N) is 1. The second-order valence-electron chi connectivity index (χ2n) is 4.42. The number of rotatable bonds is 5. The molecule has 3 N–H and O–H groups in total. The lowest BCUT2D eigenvalue weighted by Crippen LogP contribution is -2.19. The second kappa shape index (κ2) is 6.26. The van der Waals surface area contributed by atoms with Gasteiger partial charge in [-0.25, -0.2) is 4.79 Å². The molecule has 2 aromatic rings. The Morgan fingerprint density at radius 3 is 2.80 bits per heavy atom. The van der Waals surface area contributed by atoms with Crippen LogP contribution >= 0.6 is 11.6 Å². The highest BCUT2D eigenvalue weighted by molar-refractivity contribution is 6.18. The maximum atomic E-state index is 11.6. The topological polar surface area (TPSA) is 82.6 Å². The minimum atomic E-state index is -1.06. The van der Waals surface area contributed by atoms with Gasteiger partial charge < -0.3 is 19.9 Å². The first-order valence-corrected chi connectivity index (χ1v) is 6.82. The number of fused-ring (bicyclic) bond motifs is 1. The molecule has 1 aromatic carbocycles. The van der Waals surface area contributed by atoms with Gasteiger partial charge in [0.25, 0.3) is 0 Å². The first-order valence-electron chi connectivity index (χ1n) is 6.28. The van der Waals surface area contributed by atoms with Gasteiger partial charge in [-0.1, -0.05) is 12.1 Å². The quantitative estimate of drug-likeness (QED) is 0.582. The summed E-state index contributed by atoms with van der Waals surface area (Å²) in [6.07, 6.45) is -2.10. The lowest BCUT2D eigenvalue weighted by molar-refractivity contribution is 0.0328. The van der Waals surface area contributed by atoms with Crippen LogP contribution < -0.4 is 0 Å². The molecular formula is C14H16ClNO4. The summed E-state index contributed by atoms with van der Waals surface area (Å²) in [5.41, 5.74) is 1.57. The molecule has 0 bridgehead atoms. The average Bonchev–Trinajstić information content (AvgIpc) is 2.88. The summed E-state index contributed by atoms with van der Waals surface area (Å²) < 4.78 is 4.91. The van der Waals surface area contributed by atoms with Crippen molar-refractivity contribution in [3.8, 4) is 0 Å². The minimum Gasteiger partial charge on any atom is -0.461 e. The van der Waals surface area contributed by atoms with Crippen molar-refractivity contribution < 1.29 is 19.7 Å². The number of hydrogen-bond donors (Lipinski definition) is 3. The van der Waals surface area contributed by atoms with Crippen LogP contribution in [-0.4, -0.2) is 39.8 Å². The Morgan fingerprint density at radius 2 is 2.15 bits per heavy atom. The predicted octanol–water partition coefficient (Wildman–Crippen LogP) is 1.98. The molecule has 0 saturated heterocycles. The number of benzene rings is 1. The molecular weight excluding hydrogens is 282 g/mol. The number of ether oxygens (including phenoxy) is 1. The van der Waals surface area contributed by atoms with Gasteiger partial charge in [-0.3, -0.25) is 0 Å². The summed E-state index contributed by atoms with van der Waals surface area (Å²) in [4.78, 5) is 14.6. The molecule has 0 spiro atoms. The molecule has 1 heterocycles. The number of alkyl halides is 1. The van der Waals surface area contributed by atoms with Gasteiger partial charge in [0, 0.05) is 10.9 Å². The highest BCUT2D eigenvalue weighted by atomic mass is 35.5. The monoisotopic (exact) mass is 297 g/mol. The molecule has 0 saturated carbocycles. The van der Waals surface area contributed by atoms with Crippen molar-refractivity contribution in [1.29, 1.82) is 0 Å². The highest BCUT2D eigenvalue weighted by Crippen LogP contribution is 2.23. The van der Waals surface area contributed by atoms with Crippen LogP contribution in [0.25, 0.3) is 10.9 Å². The number of aliphatic hydroxyl groups is 2. The normalized spacial score (nSPS) is 14.2. The molecule has 20 heavy (non-hydrogen) atoms. The minimum absolute atomic E-state index is 0.0575. The third-order valence-electron chi connectivity index (χ3n) is 3.01. The first kappa shape index (κ1) is 14.8. The van der Waals surface area contributed by atoms with E-state index in [0.29, 0.717) is 23.4 Å². The van der Waals surface area contributed by atoms with E-state index in [9.17, 15) is 15.0 Å². The SMILES string of the molecule is CCOC(=O)c1cc2ccc(C(O)C(O)CCl)cc2[nH]1. The molecule has 0 fully saturated rings. The molecule has 2 unspecified atom stereocenters. The van der Waals surface area contributed by atoms with Gasteiger partial charge in [0.15, 0.2) is 0 Å². The lowest BCUT2D eigenvalue weighted by Gasteiger charge is -2.15. The number of aromatic nitrogens is 1. The summed E-state index contributed by atoms with van der Waals surface area (Å²) >= 11 is 5.52. The fourth-order valence-electron chi connectivity index (χ4n) is 1.95. The van der Waals surface area contributed by atoms with Crippen molar-refractivity contribution in [1.82, 2.24) is 4.98 Å². The van der Waals surface area contributed by atoms with Crippen LogP contribution in [0.2, 0.25) is 0 Å². The molecule has 0 aliphatic heterocycles. The fraction of sp³-hybridized carbons (Fsp3) is 0.357. The van der Waals surface area contributed by atoms with Gasteiger partial charge in [-0.05, 0) is 24.6 Å². The highest BCUT2D eigenvalue weighted by Gasteiger charge is 2.18. The summed E-state index contributed by atoms with van der Waals surface area (Å²) in [7, 11) is 0. The van der Waals surface area contributed by atoms with Gasteiger partial charge in [0.2, 0.25) is 0 Å². The predicted molar refractivity (Wildman–Crippen MR) is 75.9 cm³/mol. The van der Waals surface area contributed by atoms with Crippen molar-refractivity contribution in [2.24, 2.45) is 0 Å². The van der Waals surface area contributed by atoms with Crippen molar-refractivity contribution >= 4 is 28.5 Å². The van der Waals surface area contributed by atoms with Gasteiger partial charge in [0.1, 0.15) is 11.8 Å². The van der Waals surface area contributed by atoms with Gasteiger partial charge in [-0.15, -0.1) is 11.6 Å². The fourth-order valence-corrected chi connectivity index (χ4v) is 2.12. The Kier molecular flexibility index (Phi) is 4.65. The van der Waals surface area contributed by atoms with Crippen molar-refractivity contribution in [3.63, 3.8) is 0 Å². The van der Waals surface area contributed by atoms with Crippen LogP contribution in [0.5, 0.6) is 0 Å². The number of H-pyrrole nitrogens is 1. The van der Waals surface area contributed by atoms with Crippen LogP contribution in [0.4, 0.5) is 0 Å². The number of aliphatic hydroxyl groups excluding tert-OH is 2. The Hall–Kier alpha value is -1.56. The van der Waals surface area contributed by atoms with E-state index in [2.05, 4.69) is 4.98 Å². The standard InChI is InChI=1S/C14H16ClNO4/c1-2-20-14(19)11-5-8-3-4-9(6-10(8)16-11)13(18)12(17)7-15/h3-6,12-13,16-18H,2,7H2,1H3. The summed E-state index contributed by atoms with van der Waals surface area (Å²) in [6, 6.07) is 6.81. The van der Waals surface area contributed by atoms with E-state index < -0.39 is 18.2 Å². The van der Waals surface area contributed by atoms with Crippen molar-refractivity contribution in [2.45, 2.75) is 19.1 Å². The Bertz CT molecular complexity index is 610. The van der Waals surface area contributed by atoms with E-state index in [1.807, 2.05) is 0 Å². The van der Waals surface area contributed by atoms with Crippen LogP contribution in [0.15, 0.2) is 24.3 Å². The summed E-state index contributed by atoms with van der Waals surface area (Å²) in [5.74, 6) is -0.482. The van der Waals surface area contributed by atoms with Crippen LogP contribution in [0, 0.1) is 0 Å². The molecule has 0 radical (unpaired) electrons. The largest absolute Gasteiger partial charge is 0.461 e. The molecule has 5 nitrogen and oxygen atoms in total. The number of halogens is 1. The Balaban J connectivity index is 2.32. The molecule has 0 amide bonds. The first-order chi connectivity index (χ1) is 9.56. The molecule has 0 aliphatic carbocycles. The van der Waals surface area contributed by atoms with Gasteiger partial charge >= 0.3 is 5.97 Å². The Labute approximate surface area is 121 Å². The third kappa shape index (κ3) is 2.95. The van der Waals surface area contributed by atoms with E-state index in [4.69, 9.17) is 16.3 Å². The van der Waals surface area contributed by atoms with E-state index in [1.165, 1.54) is 0 Å². The van der Waals surface area contributed by atoms with E-state index in [1.54, 1.807) is 31.2 Å². The van der Waals surface area contributed by atoms with Crippen LogP contribution in [-0.2, 0) is 4.74 Å². The number of carbonyl (C=O) groups excluding carboxylic acids is 1. The second-order valence-corrected chi connectivity index (χ2v) is 4.73. The molecule has 1 aromatic heterocycles. The number of hydrogen-bond acceptors (Lipinski definition) is 4. The molecule has 108 valence electrons. The zero-order valence-electron chi connectivity index (χ0n) is 11.0. The van der Waals surface area contributed by atoms with E-state index in [-0.39, 0.29) is 5.88 Å². The van der Waals surface area contributed by atoms with E-state index in [0.717, 1.165) is 5.39 Å². The Morgan fingerprint density at radius 1 is 1.40 bits per heavy atom. The number of esters is 1. The average molecular weight is 298 g/mol. The van der Waals surface area contributed by atoms with Crippen molar-refractivity contribution in [3.05, 3.63) is 35.5 Å². The third-order valence-corrected chi connectivity index (χ3v) is 3.32. The van der Waals surface area contributed by atoms with Crippen LogP contribution in [0.3, 0.4) is 0 Å². The zero-order valence-corrected chi connectivity index (χ0v) is 11.7.